The maximum atomic E-state index is 3.46. The van der Waals surface area contributed by atoms with Crippen LogP contribution in [0, 0.1) is 0 Å². The molecule has 0 bridgehead atoms. The fourth-order valence-electron chi connectivity index (χ4n) is 2.11. The summed E-state index contributed by atoms with van der Waals surface area (Å²) in [6, 6.07) is 17.1. The molecule has 3 heteroatoms. The van der Waals surface area contributed by atoms with Gasteiger partial charge in [-0.1, -0.05) is 12.1 Å². The van der Waals surface area contributed by atoms with Gasteiger partial charge in [0.1, 0.15) is 0 Å². The molecule has 0 radical (unpaired) electrons. The molecular formula is C16H16N2S. The van der Waals surface area contributed by atoms with Crippen molar-refractivity contribution in [1.82, 2.24) is 4.98 Å². The molecule has 2 aromatic carbocycles. The van der Waals surface area contributed by atoms with Crippen LogP contribution in [0.1, 0.15) is 5.56 Å². The molecule has 3 rings (SSSR count). The van der Waals surface area contributed by atoms with E-state index in [-0.39, 0.29) is 0 Å². The monoisotopic (exact) mass is 268 g/mol. The van der Waals surface area contributed by atoms with Gasteiger partial charge in [0.15, 0.2) is 0 Å². The summed E-state index contributed by atoms with van der Waals surface area (Å²) < 4.78 is 0. The summed E-state index contributed by atoms with van der Waals surface area (Å²) in [7, 11) is 0. The molecule has 96 valence electrons. The van der Waals surface area contributed by atoms with Crippen LogP contribution in [0.25, 0.3) is 10.9 Å². The van der Waals surface area contributed by atoms with Gasteiger partial charge in [-0.25, -0.2) is 0 Å². The Labute approximate surface area is 117 Å². The lowest BCUT2D eigenvalue weighted by Gasteiger charge is -2.07. The Morgan fingerprint density at radius 1 is 1.05 bits per heavy atom. The van der Waals surface area contributed by atoms with Gasteiger partial charge < -0.3 is 10.3 Å². The number of anilines is 1. The summed E-state index contributed by atoms with van der Waals surface area (Å²) in [6.45, 7) is 0.852. The van der Waals surface area contributed by atoms with Crippen molar-refractivity contribution in [2.24, 2.45) is 0 Å². The first-order chi connectivity index (χ1) is 9.35. The van der Waals surface area contributed by atoms with E-state index in [1.54, 1.807) is 11.8 Å². The molecule has 0 saturated heterocycles. The highest BCUT2D eigenvalue weighted by Crippen LogP contribution is 2.19. The van der Waals surface area contributed by atoms with Crippen molar-refractivity contribution in [3.63, 3.8) is 0 Å². The first-order valence-corrected chi connectivity index (χ1v) is 7.51. The lowest BCUT2D eigenvalue weighted by atomic mass is 10.2. The number of hydrogen-bond donors (Lipinski definition) is 2. The first-order valence-electron chi connectivity index (χ1n) is 6.29. The minimum absolute atomic E-state index is 0.852. The first kappa shape index (κ1) is 12.2. The molecule has 0 unspecified atom stereocenters. The minimum atomic E-state index is 0.852. The largest absolute Gasteiger partial charge is 0.381 e. The van der Waals surface area contributed by atoms with E-state index in [2.05, 4.69) is 65.1 Å². The van der Waals surface area contributed by atoms with E-state index in [4.69, 9.17) is 0 Å². The normalized spacial score (nSPS) is 10.8. The average molecular weight is 268 g/mol. The highest BCUT2D eigenvalue weighted by molar-refractivity contribution is 7.98. The number of hydrogen-bond acceptors (Lipinski definition) is 2. The fraction of sp³-hybridized carbons (Fsp3) is 0.125. The van der Waals surface area contributed by atoms with Gasteiger partial charge in [0, 0.05) is 34.2 Å². The van der Waals surface area contributed by atoms with Gasteiger partial charge in [-0.05, 0) is 48.2 Å². The highest BCUT2D eigenvalue weighted by atomic mass is 32.2. The molecule has 0 amide bonds. The molecule has 19 heavy (non-hydrogen) atoms. The molecule has 0 aliphatic heterocycles. The van der Waals surface area contributed by atoms with Crippen LogP contribution in [0.3, 0.4) is 0 Å². The van der Waals surface area contributed by atoms with Gasteiger partial charge in [0.05, 0.1) is 0 Å². The molecular weight excluding hydrogens is 252 g/mol. The number of nitrogens with one attached hydrogen (secondary N) is 2. The van der Waals surface area contributed by atoms with E-state index in [0.717, 1.165) is 12.2 Å². The van der Waals surface area contributed by atoms with Crippen LogP contribution >= 0.6 is 11.8 Å². The predicted molar refractivity (Wildman–Crippen MR) is 83.8 cm³/mol. The smallest absolute Gasteiger partial charge is 0.0455 e. The van der Waals surface area contributed by atoms with E-state index in [9.17, 15) is 0 Å². The zero-order chi connectivity index (χ0) is 13.1. The van der Waals surface area contributed by atoms with Crippen LogP contribution < -0.4 is 5.32 Å². The molecule has 0 fully saturated rings. The van der Waals surface area contributed by atoms with Crippen molar-refractivity contribution in [2.45, 2.75) is 11.4 Å². The summed E-state index contributed by atoms with van der Waals surface area (Å²) in [5.74, 6) is 0. The van der Waals surface area contributed by atoms with Crippen molar-refractivity contribution in [1.29, 1.82) is 0 Å². The van der Waals surface area contributed by atoms with E-state index >= 15 is 0 Å². The zero-order valence-corrected chi connectivity index (χ0v) is 11.6. The maximum Gasteiger partial charge on any atom is 0.0455 e. The minimum Gasteiger partial charge on any atom is -0.381 e. The number of aromatic nitrogens is 1. The van der Waals surface area contributed by atoms with E-state index in [0.29, 0.717) is 0 Å². The van der Waals surface area contributed by atoms with Crippen molar-refractivity contribution in [2.75, 3.05) is 11.6 Å². The number of aromatic amines is 1. The number of benzene rings is 2. The van der Waals surface area contributed by atoms with Crippen molar-refractivity contribution in [3.8, 4) is 0 Å². The lowest BCUT2D eigenvalue weighted by molar-refractivity contribution is 1.14. The molecule has 2 N–H and O–H groups in total. The van der Waals surface area contributed by atoms with E-state index in [1.807, 2.05) is 6.20 Å². The summed E-state index contributed by atoms with van der Waals surface area (Å²) in [5.41, 5.74) is 3.63. The Balaban J connectivity index is 1.70. The number of H-pyrrole nitrogens is 1. The number of thioether (sulfide) groups is 1. The average Bonchev–Trinajstić information content (AvgIpc) is 2.93. The van der Waals surface area contributed by atoms with Gasteiger partial charge in [0.25, 0.3) is 0 Å². The molecule has 0 aliphatic carbocycles. The predicted octanol–water partition coefficient (Wildman–Crippen LogP) is 4.50. The number of rotatable bonds is 4. The molecule has 3 aromatic rings. The van der Waals surface area contributed by atoms with Crippen molar-refractivity contribution < 1.29 is 0 Å². The SMILES string of the molecule is CSc1ccc(CNc2ccc3[nH]ccc3c2)cc1. The van der Waals surface area contributed by atoms with Gasteiger partial charge >= 0.3 is 0 Å². The third kappa shape index (κ3) is 2.76. The molecule has 2 nitrogen and oxygen atoms in total. The molecule has 1 aromatic heterocycles. The van der Waals surface area contributed by atoms with Crippen LogP contribution in [0.15, 0.2) is 59.6 Å². The third-order valence-electron chi connectivity index (χ3n) is 3.21. The van der Waals surface area contributed by atoms with Crippen LogP contribution in [0.4, 0.5) is 5.69 Å². The van der Waals surface area contributed by atoms with Gasteiger partial charge in [-0.2, -0.15) is 0 Å². The molecule has 0 saturated carbocycles. The molecule has 1 heterocycles. The summed E-state index contributed by atoms with van der Waals surface area (Å²) in [6.07, 6.45) is 4.06. The van der Waals surface area contributed by atoms with E-state index < -0.39 is 0 Å². The van der Waals surface area contributed by atoms with Gasteiger partial charge in [0.2, 0.25) is 0 Å². The lowest BCUT2D eigenvalue weighted by Crippen LogP contribution is -1.98. The van der Waals surface area contributed by atoms with Crippen molar-refractivity contribution in [3.05, 3.63) is 60.3 Å². The Hall–Kier alpha value is -1.87. The summed E-state index contributed by atoms with van der Waals surface area (Å²) in [5, 5.41) is 4.70. The fourth-order valence-corrected chi connectivity index (χ4v) is 2.52. The second kappa shape index (κ2) is 5.41. The quantitative estimate of drug-likeness (QED) is 0.682. The molecule has 0 atom stereocenters. The maximum absolute atomic E-state index is 3.46. The highest BCUT2D eigenvalue weighted by Gasteiger charge is 1.98. The summed E-state index contributed by atoms with van der Waals surface area (Å²) in [4.78, 5) is 4.51. The zero-order valence-electron chi connectivity index (χ0n) is 10.8. The Morgan fingerprint density at radius 2 is 1.89 bits per heavy atom. The third-order valence-corrected chi connectivity index (χ3v) is 3.95. The molecule has 0 aliphatic rings. The van der Waals surface area contributed by atoms with Crippen LogP contribution in [-0.2, 0) is 6.54 Å². The Morgan fingerprint density at radius 3 is 2.68 bits per heavy atom. The Kier molecular flexibility index (Phi) is 3.47. The second-order valence-corrected chi connectivity index (χ2v) is 5.36. The van der Waals surface area contributed by atoms with Crippen LogP contribution in [0.5, 0.6) is 0 Å². The Bertz CT molecular complexity index is 671. The second-order valence-electron chi connectivity index (χ2n) is 4.48. The standard InChI is InChI=1S/C16H16N2S/c1-19-15-5-2-12(3-6-15)11-18-14-4-7-16-13(10-14)8-9-17-16/h2-10,17-18H,11H2,1H3. The molecule has 0 spiro atoms. The van der Waals surface area contributed by atoms with Gasteiger partial charge in [-0.3, -0.25) is 0 Å². The van der Waals surface area contributed by atoms with E-state index in [1.165, 1.54) is 21.4 Å². The van der Waals surface area contributed by atoms with Gasteiger partial charge in [-0.15, -0.1) is 11.8 Å². The van der Waals surface area contributed by atoms with Crippen molar-refractivity contribution >= 4 is 28.4 Å². The topological polar surface area (TPSA) is 27.8 Å². The van der Waals surface area contributed by atoms with Crippen LogP contribution in [-0.4, -0.2) is 11.2 Å². The van der Waals surface area contributed by atoms with Crippen LogP contribution in [0.2, 0.25) is 0 Å². The summed E-state index contributed by atoms with van der Waals surface area (Å²) >= 11 is 1.77. The number of fused-ring (bicyclic) bond motifs is 1.